The van der Waals surface area contributed by atoms with Crippen molar-refractivity contribution in [3.8, 4) is 0 Å². The fraction of sp³-hybridized carbons (Fsp3) is 0.636. The van der Waals surface area contributed by atoms with E-state index in [1.165, 1.54) is 16.7 Å². The number of allylic oxidation sites excluding steroid dienone is 4. The maximum Gasteiger partial charge on any atom is 3.00 e. The van der Waals surface area contributed by atoms with Crippen molar-refractivity contribution in [1.82, 2.24) is 0 Å². The van der Waals surface area contributed by atoms with E-state index < -0.39 is 9.04 Å². The van der Waals surface area contributed by atoms with E-state index in [2.05, 4.69) is 33.8 Å². The molecule has 0 heterocycles. The first-order chi connectivity index (χ1) is 5.86. The van der Waals surface area contributed by atoms with E-state index >= 15 is 0 Å². The number of hydrogen-bond donors (Lipinski definition) is 1. The fourth-order valence-corrected chi connectivity index (χ4v) is 1.16. The predicted octanol–water partition coefficient (Wildman–Crippen LogP) is -3.31. The zero-order chi connectivity index (χ0) is 10.6. The number of rotatable bonds is 0. The molecule has 1 atom stereocenters. The minimum absolute atomic E-state index is 0. The molecule has 0 aromatic heterocycles. The van der Waals surface area contributed by atoms with Crippen LogP contribution in [0, 0.1) is 12.0 Å². The van der Waals surface area contributed by atoms with Gasteiger partial charge in [0.05, 0.1) is 0 Å². The molecule has 0 aromatic rings. The molecule has 0 bridgehead atoms. The van der Waals surface area contributed by atoms with Crippen LogP contribution in [0.15, 0.2) is 16.7 Å². The first kappa shape index (κ1) is 25.7. The van der Waals surface area contributed by atoms with Gasteiger partial charge in [0.1, 0.15) is 0 Å². The van der Waals surface area contributed by atoms with Crippen molar-refractivity contribution in [1.29, 1.82) is 0 Å². The number of hydrogen-bond acceptors (Lipinski definition) is 1. The van der Waals surface area contributed by atoms with Crippen LogP contribution in [-0.4, -0.2) is 13.8 Å². The zero-order valence-electron chi connectivity index (χ0n) is 10.9. The summed E-state index contributed by atoms with van der Waals surface area (Å²) in [6.07, 6.45) is 3.36. The molecule has 0 fully saturated rings. The van der Waals surface area contributed by atoms with Crippen LogP contribution >= 0.6 is 0 Å². The van der Waals surface area contributed by atoms with Gasteiger partial charge in [0, 0.05) is 0 Å². The van der Waals surface area contributed by atoms with Gasteiger partial charge in [-0.05, 0) is 13.1 Å². The zero-order valence-corrected chi connectivity index (χ0v) is 15.1. The van der Waals surface area contributed by atoms with Gasteiger partial charge in [-0.2, -0.15) is 11.1 Å². The topological polar surface area (TPSA) is 20.2 Å². The molecule has 1 N–H and O–H groups in total. The summed E-state index contributed by atoms with van der Waals surface area (Å²) in [6, 6.07) is 0. The molecular weight excluding hydrogens is 295 g/mol. The van der Waals surface area contributed by atoms with Crippen molar-refractivity contribution < 1.29 is 51.3 Å². The Balaban J connectivity index is -0.0000000921. The Morgan fingerprint density at radius 1 is 1.12 bits per heavy atom. The summed E-state index contributed by atoms with van der Waals surface area (Å²) < 4.78 is 0. The summed E-state index contributed by atoms with van der Waals surface area (Å²) in [5, 5.41) is 0. The molecule has 5 heteroatoms. The maximum absolute atomic E-state index is 8.19. The van der Waals surface area contributed by atoms with E-state index in [4.69, 9.17) is 4.80 Å². The molecule has 0 saturated carbocycles. The Labute approximate surface area is 129 Å². The van der Waals surface area contributed by atoms with Gasteiger partial charge in [-0.15, -0.1) is 6.92 Å². The molecule has 1 aliphatic carbocycles. The van der Waals surface area contributed by atoms with E-state index in [1.54, 1.807) is 0 Å². The summed E-state index contributed by atoms with van der Waals surface area (Å²) in [5.74, 6) is 0.560. The number of halogens is 2. The molecule has 0 saturated heterocycles. The second-order valence-electron chi connectivity index (χ2n) is 3.89. The van der Waals surface area contributed by atoms with Crippen molar-refractivity contribution in [3.63, 3.8) is 0 Å². The van der Waals surface area contributed by atoms with E-state index in [9.17, 15) is 0 Å². The Hall–Kier alpha value is 0.951. The normalized spacial score (nSPS) is 17.5. The van der Waals surface area contributed by atoms with Gasteiger partial charge in [-0.25, -0.2) is 5.57 Å². The van der Waals surface area contributed by atoms with Crippen molar-refractivity contribution in [2.75, 3.05) is 0 Å². The van der Waals surface area contributed by atoms with Crippen molar-refractivity contribution in [2.24, 2.45) is 5.92 Å². The third kappa shape index (κ3) is 10.1. The van der Waals surface area contributed by atoms with Crippen LogP contribution in [0.25, 0.3) is 0 Å². The van der Waals surface area contributed by atoms with Crippen LogP contribution in [0.5, 0.6) is 0 Å². The SMILES string of the molecule is CC1=[C-]C(C)C(C)=C1C.C[SiH](C)O.[Cl-].[Cl-].[Ti+3]. The van der Waals surface area contributed by atoms with Crippen molar-refractivity contribution in [3.05, 3.63) is 22.8 Å². The van der Waals surface area contributed by atoms with Gasteiger partial charge in [-0.1, -0.05) is 26.7 Å². The van der Waals surface area contributed by atoms with Crippen LogP contribution in [-0.2, 0) is 21.7 Å². The van der Waals surface area contributed by atoms with E-state index in [0.717, 1.165) is 0 Å². The standard InChI is InChI=1S/C9H13.C2H8OSi.2ClH.Ti/c1-6-5-7(2)9(4)8(6)3;1-4(2)3;;;/h6H,1-4H3;3-4H,1-2H3;2*1H;/q-1;;;;+3/p-2. The Morgan fingerprint density at radius 2 is 1.44 bits per heavy atom. The summed E-state index contributed by atoms with van der Waals surface area (Å²) in [6.45, 7) is 12.4. The van der Waals surface area contributed by atoms with Gasteiger partial charge in [0.25, 0.3) is 0 Å². The monoisotopic (exact) mass is 315 g/mol. The van der Waals surface area contributed by atoms with Crippen LogP contribution in [0.1, 0.15) is 27.7 Å². The Bertz CT molecular complexity index is 237. The molecule has 1 nitrogen and oxygen atoms in total. The molecule has 0 spiro atoms. The summed E-state index contributed by atoms with van der Waals surface area (Å²) in [5.41, 5.74) is 4.25. The summed E-state index contributed by atoms with van der Waals surface area (Å²) >= 11 is 0. The molecule has 1 radical (unpaired) electrons. The molecule has 0 amide bonds. The minimum atomic E-state index is -1.14. The molecule has 93 valence electrons. The van der Waals surface area contributed by atoms with E-state index in [0.29, 0.717) is 5.92 Å². The van der Waals surface area contributed by atoms with Crippen LogP contribution in [0.2, 0.25) is 13.1 Å². The molecule has 1 aliphatic rings. The second-order valence-corrected chi connectivity index (χ2v) is 6.08. The average Bonchev–Trinajstić information content (AvgIpc) is 2.17. The third-order valence-electron chi connectivity index (χ3n) is 2.24. The van der Waals surface area contributed by atoms with Gasteiger partial charge in [-0.3, -0.25) is 6.08 Å². The molecule has 16 heavy (non-hydrogen) atoms. The summed E-state index contributed by atoms with van der Waals surface area (Å²) in [4.78, 5) is 8.19. The first-order valence-electron chi connectivity index (χ1n) is 4.82. The van der Waals surface area contributed by atoms with E-state index in [-0.39, 0.29) is 46.5 Å². The van der Waals surface area contributed by atoms with Crippen LogP contribution in [0.4, 0.5) is 0 Å². The van der Waals surface area contributed by atoms with E-state index in [1.807, 2.05) is 13.1 Å². The van der Waals surface area contributed by atoms with Gasteiger partial charge in [0.15, 0.2) is 9.04 Å². The van der Waals surface area contributed by atoms with Crippen LogP contribution < -0.4 is 24.8 Å². The molecule has 1 unspecified atom stereocenters. The Morgan fingerprint density at radius 3 is 1.50 bits per heavy atom. The molecular formula is C11H21Cl2OSiTi. The van der Waals surface area contributed by atoms with Crippen LogP contribution in [0.3, 0.4) is 0 Å². The largest absolute Gasteiger partial charge is 3.00 e. The smallest absolute Gasteiger partial charge is 1.00 e. The van der Waals surface area contributed by atoms with Gasteiger partial charge < -0.3 is 29.6 Å². The molecule has 1 rings (SSSR count). The Kier molecular flexibility index (Phi) is 19.9. The second kappa shape index (κ2) is 12.4. The first-order valence-corrected chi connectivity index (χ1v) is 7.64. The maximum atomic E-state index is 8.19. The van der Waals surface area contributed by atoms with Crippen molar-refractivity contribution in [2.45, 2.75) is 40.8 Å². The predicted molar refractivity (Wildman–Crippen MR) is 61.1 cm³/mol. The average molecular weight is 316 g/mol. The van der Waals surface area contributed by atoms with Crippen molar-refractivity contribution >= 4 is 9.04 Å². The quantitative estimate of drug-likeness (QED) is 0.367. The molecule has 0 aliphatic heterocycles. The third-order valence-corrected chi connectivity index (χ3v) is 2.24. The minimum Gasteiger partial charge on any atom is -1.00 e. The van der Waals surface area contributed by atoms with Gasteiger partial charge >= 0.3 is 21.7 Å². The fourth-order valence-electron chi connectivity index (χ4n) is 1.16. The molecule has 0 aromatic carbocycles. The summed E-state index contributed by atoms with van der Waals surface area (Å²) in [7, 11) is -1.14. The van der Waals surface area contributed by atoms with Gasteiger partial charge in [0.2, 0.25) is 0 Å².